The van der Waals surface area contributed by atoms with E-state index in [0.717, 1.165) is 25.8 Å². The first kappa shape index (κ1) is 14.1. The maximum Gasteiger partial charge on any atom is 0.223 e. The lowest BCUT2D eigenvalue weighted by atomic mass is 9.80. The minimum atomic E-state index is 0.148. The Hall–Kier alpha value is -1.35. The zero-order chi connectivity index (χ0) is 14.0. The van der Waals surface area contributed by atoms with Crippen LogP contribution in [0.15, 0.2) is 12.1 Å². The predicted molar refractivity (Wildman–Crippen MR) is 78.1 cm³/mol. The normalized spacial score (nSPS) is 21.9. The summed E-state index contributed by atoms with van der Waals surface area (Å²) in [5, 5.41) is 3.03. The van der Waals surface area contributed by atoms with Crippen molar-refractivity contribution in [2.45, 2.75) is 46.1 Å². The minimum Gasteiger partial charge on any atom is -0.356 e. The summed E-state index contributed by atoms with van der Waals surface area (Å²) < 4.78 is 0. The molecule has 0 aromatic heterocycles. The largest absolute Gasteiger partial charge is 0.356 e. The lowest BCUT2D eigenvalue weighted by molar-refractivity contribution is -0.127. The third kappa shape index (κ3) is 3.35. The number of nitrogens with two attached hydrogens (primary N) is 1. The third-order valence-corrected chi connectivity index (χ3v) is 4.06. The lowest BCUT2D eigenvalue weighted by Gasteiger charge is -2.31. The lowest BCUT2D eigenvalue weighted by Crippen LogP contribution is -2.45. The number of nitrogens with one attached hydrogen (secondary N) is 1. The fraction of sp³-hybridized carbons (Fsp3) is 0.562. The van der Waals surface area contributed by atoms with Crippen LogP contribution in [-0.4, -0.2) is 18.5 Å². The molecule has 104 valence electrons. The van der Waals surface area contributed by atoms with Gasteiger partial charge in [0.05, 0.1) is 0 Å². The highest BCUT2D eigenvalue weighted by Crippen LogP contribution is 2.25. The second-order valence-electron chi connectivity index (χ2n) is 5.85. The number of amides is 1. The number of carbonyl (C=O) groups excluding carboxylic acids is 1. The molecule has 1 amide bonds. The van der Waals surface area contributed by atoms with Crippen LogP contribution in [0.3, 0.4) is 0 Å². The highest BCUT2D eigenvalue weighted by molar-refractivity contribution is 5.79. The molecule has 0 saturated heterocycles. The van der Waals surface area contributed by atoms with Crippen molar-refractivity contribution in [1.82, 2.24) is 5.32 Å². The second-order valence-corrected chi connectivity index (χ2v) is 5.85. The van der Waals surface area contributed by atoms with E-state index in [0.29, 0.717) is 0 Å². The van der Waals surface area contributed by atoms with Crippen LogP contribution in [0.5, 0.6) is 0 Å². The molecule has 3 N–H and O–H groups in total. The number of carbonyl (C=O) groups is 1. The van der Waals surface area contributed by atoms with Crippen LogP contribution in [0.1, 0.15) is 35.1 Å². The first-order valence-electron chi connectivity index (χ1n) is 7.07. The predicted octanol–water partition coefficient (Wildman–Crippen LogP) is 2.01. The molecule has 0 atom stereocenters. The van der Waals surface area contributed by atoms with Gasteiger partial charge in [0.1, 0.15) is 0 Å². The van der Waals surface area contributed by atoms with E-state index in [1.54, 1.807) is 0 Å². The van der Waals surface area contributed by atoms with Gasteiger partial charge in [0, 0.05) is 18.5 Å². The number of aryl methyl sites for hydroxylation is 3. The molecule has 2 rings (SSSR count). The quantitative estimate of drug-likeness (QED) is 0.870. The fourth-order valence-electron chi connectivity index (χ4n) is 2.94. The minimum absolute atomic E-state index is 0.148. The van der Waals surface area contributed by atoms with E-state index in [9.17, 15) is 4.79 Å². The van der Waals surface area contributed by atoms with Gasteiger partial charge in [-0.25, -0.2) is 0 Å². The van der Waals surface area contributed by atoms with Gasteiger partial charge in [-0.3, -0.25) is 4.79 Å². The van der Waals surface area contributed by atoms with Gasteiger partial charge in [-0.15, -0.1) is 0 Å². The summed E-state index contributed by atoms with van der Waals surface area (Å²) in [6, 6.07) is 4.64. The van der Waals surface area contributed by atoms with Crippen molar-refractivity contribution < 1.29 is 4.79 Å². The molecule has 0 heterocycles. The molecule has 1 aromatic rings. The SMILES string of the molecule is Cc1cc(C)c(CCNC(=O)C2CC(N)C2)c(C)c1. The Balaban J connectivity index is 1.84. The molecule has 3 heteroatoms. The molecule has 19 heavy (non-hydrogen) atoms. The van der Waals surface area contributed by atoms with Crippen molar-refractivity contribution in [3.63, 3.8) is 0 Å². The number of rotatable bonds is 4. The van der Waals surface area contributed by atoms with Gasteiger partial charge in [0.2, 0.25) is 5.91 Å². The summed E-state index contributed by atoms with van der Waals surface area (Å²) in [6.45, 7) is 7.12. The molecule has 1 saturated carbocycles. The molecule has 1 fully saturated rings. The Morgan fingerprint density at radius 3 is 2.37 bits per heavy atom. The third-order valence-electron chi connectivity index (χ3n) is 4.06. The first-order valence-corrected chi connectivity index (χ1v) is 7.07. The Morgan fingerprint density at radius 2 is 1.84 bits per heavy atom. The molecular weight excluding hydrogens is 236 g/mol. The summed E-state index contributed by atoms with van der Waals surface area (Å²) in [6.07, 6.45) is 2.59. The van der Waals surface area contributed by atoms with E-state index >= 15 is 0 Å². The van der Waals surface area contributed by atoms with Crippen molar-refractivity contribution in [3.05, 3.63) is 34.4 Å². The summed E-state index contributed by atoms with van der Waals surface area (Å²) in [5.74, 6) is 0.319. The average Bonchev–Trinajstić information content (AvgIpc) is 2.28. The maximum atomic E-state index is 11.8. The highest BCUT2D eigenvalue weighted by Gasteiger charge is 2.31. The molecule has 0 unspecified atom stereocenters. The first-order chi connectivity index (χ1) is 8.97. The maximum absolute atomic E-state index is 11.8. The van der Waals surface area contributed by atoms with Crippen LogP contribution in [-0.2, 0) is 11.2 Å². The van der Waals surface area contributed by atoms with Crippen LogP contribution in [0.2, 0.25) is 0 Å². The molecule has 1 aromatic carbocycles. The van der Waals surface area contributed by atoms with Crippen LogP contribution in [0.25, 0.3) is 0 Å². The van der Waals surface area contributed by atoms with Crippen molar-refractivity contribution >= 4 is 5.91 Å². The number of benzene rings is 1. The molecule has 0 aliphatic heterocycles. The van der Waals surface area contributed by atoms with Gasteiger partial charge in [-0.1, -0.05) is 17.7 Å². The molecule has 3 nitrogen and oxygen atoms in total. The van der Waals surface area contributed by atoms with Gasteiger partial charge in [0.15, 0.2) is 0 Å². The Morgan fingerprint density at radius 1 is 1.26 bits per heavy atom. The number of hydrogen-bond donors (Lipinski definition) is 2. The van der Waals surface area contributed by atoms with Crippen LogP contribution >= 0.6 is 0 Å². The van der Waals surface area contributed by atoms with E-state index in [-0.39, 0.29) is 17.9 Å². The molecule has 0 spiro atoms. The monoisotopic (exact) mass is 260 g/mol. The molecule has 0 radical (unpaired) electrons. The van der Waals surface area contributed by atoms with Gasteiger partial charge in [-0.2, -0.15) is 0 Å². The van der Waals surface area contributed by atoms with Crippen molar-refractivity contribution in [2.75, 3.05) is 6.54 Å². The highest BCUT2D eigenvalue weighted by atomic mass is 16.1. The van der Waals surface area contributed by atoms with E-state index in [1.165, 1.54) is 22.3 Å². The van der Waals surface area contributed by atoms with Gasteiger partial charge >= 0.3 is 0 Å². The van der Waals surface area contributed by atoms with E-state index in [2.05, 4.69) is 38.2 Å². The standard InChI is InChI=1S/C16H24N2O/c1-10-6-11(2)15(12(3)7-10)4-5-18-16(19)13-8-14(17)9-13/h6-7,13-14H,4-5,8-9,17H2,1-3H3,(H,18,19). The zero-order valence-electron chi connectivity index (χ0n) is 12.1. The fourth-order valence-corrected chi connectivity index (χ4v) is 2.94. The zero-order valence-corrected chi connectivity index (χ0v) is 12.1. The summed E-state index contributed by atoms with van der Waals surface area (Å²) in [5.41, 5.74) is 11.0. The summed E-state index contributed by atoms with van der Waals surface area (Å²) in [4.78, 5) is 11.8. The second kappa shape index (κ2) is 5.74. The molecule has 0 bridgehead atoms. The van der Waals surface area contributed by atoms with Crippen LogP contribution < -0.4 is 11.1 Å². The average molecular weight is 260 g/mol. The van der Waals surface area contributed by atoms with E-state index < -0.39 is 0 Å². The van der Waals surface area contributed by atoms with Crippen molar-refractivity contribution in [2.24, 2.45) is 11.7 Å². The molecule has 1 aliphatic carbocycles. The van der Waals surface area contributed by atoms with Crippen molar-refractivity contribution in [1.29, 1.82) is 0 Å². The Bertz CT molecular complexity index is 453. The van der Waals surface area contributed by atoms with E-state index in [4.69, 9.17) is 5.73 Å². The smallest absolute Gasteiger partial charge is 0.223 e. The molecular formula is C16H24N2O. The Kier molecular flexibility index (Phi) is 4.25. The van der Waals surface area contributed by atoms with Crippen LogP contribution in [0.4, 0.5) is 0 Å². The van der Waals surface area contributed by atoms with Gasteiger partial charge in [0.25, 0.3) is 0 Å². The van der Waals surface area contributed by atoms with E-state index in [1.807, 2.05) is 0 Å². The van der Waals surface area contributed by atoms with Gasteiger partial charge < -0.3 is 11.1 Å². The summed E-state index contributed by atoms with van der Waals surface area (Å²) >= 11 is 0. The number of hydrogen-bond acceptors (Lipinski definition) is 2. The molecule has 1 aliphatic rings. The van der Waals surface area contributed by atoms with Crippen molar-refractivity contribution in [3.8, 4) is 0 Å². The van der Waals surface area contributed by atoms with Crippen LogP contribution in [0, 0.1) is 26.7 Å². The summed E-state index contributed by atoms with van der Waals surface area (Å²) in [7, 11) is 0. The topological polar surface area (TPSA) is 55.1 Å². The Labute approximate surface area is 115 Å². The van der Waals surface area contributed by atoms with Gasteiger partial charge in [-0.05, 0) is 56.7 Å².